The number of carbonyl (C=O) groups excluding carboxylic acids is 1. The van der Waals surface area contributed by atoms with Crippen LogP contribution >= 0.6 is 0 Å². The standard InChI is InChI=1S/C12H21F2NO3/c1-11(2,3)18-10(17)15-9-4-8(7-16)5-12(13,14)6-9/h8-9,16H,4-7H2,1-3H3,(H,15,17)/t8-,9+/m0/s1. The molecule has 2 atom stereocenters. The third-order valence-corrected chi connectivity index (χ3v) is 2.73. The van der Waals surface area contributed by atoms with Gasteiger partial charge in [0.1, 0.15) is 5.60 Å². The summed E-state index contributed by atoms with van der Waals surface area (Å²) in [6, 6.07) is -0.652. The second-order valence-corrected chi connectivity index (χ2v) is 5.89. The number of hydrogen-bond donors (Lipinski definition) is 2. The van der Waals surface area contributed by atoms with Crippen molar-refractivity contribution in [2.45, 2.75) is 57.6 Å². The molecule has 1 amide bonds. The van der Waals surface area contributed by atoms with E-state index in [-0.39, 0.29) is 13.0 Å². The molecule has 1 rings (SSSR count). The summed E-state index contributed by atoms with van der Waals surface area (Å²) < 4.78 is 31.8. The molecule has 18 heavy (non-hydrogen) atoms. The lowest BCUT2D eigenvalue weighted by atomic mass is 9.83. The molecular weight excluding hydrogens is 244 g/mol. The lowest BCUT2D eigenvalue weighted by Gasteiger charge is -2.34. The monoisotopic (exact) mass is 265 g/mol. The van der Waals surface area contributed by atoms with Gasteiger partial charge in [-0.2, -0.15) is 0 Å². The molecule has 0 spiro atoms. The summed E-state index contributed by atoms with van der Waals surface area (Å²) in [6.07, 6.45) is -1.06. The number of nitrogens with one attached hydrogen (secondary N) is 1. The van der Waals surface area contributed by atoms with Gasteiger partial charge < -0.3 is 15.2 Å². The Bertz CT molecular complexity index is 302. The summed E-state index contributed by atoms with van der Waals surface area (Å²) in [6.45, 7) is 4.83. The molecule has 0 aromatic rings. The van der Waals surface area contributed by atoms with E-state index in [9.17, 15) is 13.6 Å². The Labute approximate surface area is 106 Å². The summed E-state index contributed by atoms with van der Waals surface area (Å²) in [4.78, 5) is 11.5. The van der Waals surface area contributed by atoms with E-state index in [1.807, 2.05) is 0 Å². The molecule has 0 heterocycles. The largest absolute Gasteiger partial charge is 0.444 e. The van der Waals surface area contributed by atoms with Gasteiger partial charge in [-0.15, -0.1) is 0 Å². The van der Waals surface area contributed by atoms with Crippen molar-refractivity contribution >= 4 is 6.09 Å². The zero-order valence-electron chi connectivity index (χ0n) is 11.0. The van der Waals surface area contributed by atoms with Gasteiger partial charge in [0.15, 0.2) is 0 Å². The fourth-order valence-corrected chi connectivity index (χ4v) is 2.16. The van der Waals surface area contributed by atoms with Crippen LogP contribution < -0.4 is 5.32 Å². The number of rotatable bonds is 2. The Morgan fingerprint density at radius 3 is 2.56 bits per heavy atom. The van der Waals surface area contributed by atoms with Crippen LogP contribution in [0.5, 0.6) is 0 Å². The zero-order valence-corrected chi connectivity index (χ0v) is 11.0. The Kier molecular flexibility index (Phi) is 4.53. The Morgan fingerprint density at radius 1 is 1.44 bits per heavy atom. The van der Waals surface area contributed by atoms with Crippen LogP contribution in [-0.4, -0.2) is 35.4 Å². The first-order valence-electron chi connectivity index (χ1n) is 6.09. The molecule has 0 aromatic carbocycles. The molecule has 1 saturated carbocycles. The van der Waals surface area contributed by atoms with E-state index in [0.717, 1.165) is 0 Å². The van der Waals surface area contributed by atoms with Gasteiger partial charge in [-0.1, -0.05) is 0 Å². The molecule has 1 aliphatic rings. The highest BCUT2D eigenvalue weighted by Crippen LogP contribution is 2.36. The van der Waals surface area contributed by atoms with Gasteiger partial charge in [-0.05, 0) is 33.1 Å². The summed E-state index contributed by atoms with van der Waals surface area (Å²) in [5.41, 5.74) is -0.655. The average Bonchev–Trinajstić information content (AvgIpc) is 2.11. The fraction of sp³-hybridized carbons (Fsp3) is 0.917. The van der Waals surface area contributed by atoms with Crippen molar-refractivity contribution in [1.82, 2.24) is 5.32 Å². The van der Waals surface area contributed by atoms with E-state index in [4.69, 9.17) is 9.84 Å². The van der Waals surface area contributed by atoms with Crippen LogP contribution in [0.1, 0.15) is 40.0 Å². The molecule has 1 aliphatic carbocycles. The van der Waals surface area contributed by atoms with Crippen LogP contribution in [0, 0.1) is 5.92 Å². The number of aliphatic hydroxyl groups excluding tert-OH is 1. The third-order valence-electron chi connectivity index (χ3n) is 2.73. The third kappa shape index (κ3) is 5.16. The number of aliphatic hydroxyl groups is 1. The van der Waals surface area contributed by atoms with Crippen molar-refractivity contribution in [2.24, 2.45) is 5.92 Å². The average molecular weight is 265 g/mol. The first-order valence-corrected chi connectivity index (χ1v) is 6.09. The van der Waals surface area contributed by atoms with Crippen molar-refractivity contribution in [1.29, 1.82) is 0 Å². The van der Waals surface area contributed by atoms with Crippen LogP contribution in [0.25, 0.3) is 0 Å². The molecule has 2 N–H and O–H groups in total. The topological polar surface area (TPSA) is 58.6 Å². The van der Waals surface area contributed by atoms with Gasteiger partial charge in [-0.3, -0.25) is 0 Å². The van der Waals surface area contributed by atoms with Crippen LogP contribution in [0.2, 0.25) is 0 Å². The van der Waals surface area contributed by atoms with Gasteiger partial charge >= 0.3 is 6.09 Å². The maximum atomic E-state index is 13.4. The van der Waals surface area contributed by atoms with Crippen molar-refractivity contribution in [2.75, 3.05) is 6.61 Å². The maximum absolute atomic E-state index is 13.4. The van der Waals surface area contributed by atoms with E-state index >= 15 is 0 Å². The molecule has 1 fully saturated rings. The maximum Gasteiger partial charge on any atom is 0.407 e. The number of ether oxygens (including phenoxy) is 1. The Morgan fingerprint density at radius 2 is 2.06 bits per heavy atom. The number of halogens is 2. The minimum atomic E-state index is -2.84. The van der Waals surface area contributed by atoms with Crippen LogP contribution in [-0.2, 0) is 4.74 Å². The summed E-state index contributed by atoms with van der Waals surface area (Å²) in [5.74, 6) is -3.32. The first-order chi connectivity index (χ1) is 8.11. The number of alkyl halides is 2. The van der Waals surface area contributed by atoms with Crippen molar-refractivity contribution in [3.05, 3.63) is 0 Å². The minimum absolute atomic E-state index is 0.290. The molecule has 0 bridgehead atoms. The smallest absolute Gasteiger partial charge is 0.407 e. The SMILES string of the molecule is CC(C)(C)OC(=O)N[C@@H]1C[C@H](CO)CC(F)(F)C1. The number of carbonyl (C=O) groups is 1. The quantitative estimate of drug-likeness (QED) is 0.805. The van der Waals surface area contributed by atoms with Crippen molar-refractivity contribution in [3.63, 3.8) is 0 Å². The molecular formula is C12H21F2NO3. The molecule has 0 saturated heterocycles. The molecule has 106 valence electrons. The van der Waals surface area contributed by atoms with Crippen molar-refractivity contribution in [3.8, 4) is 0 Å². The van der Waals surface area contributed by atoms with Gasteiger partial charge in [0.05, 0.1) is 0 Å². The van der Waals surface area contributed by atoms with Crippen LogP contribution in [0.15, 0.2) is 0 Å². The molecule has 0 unspecified atom stereocenters. The van der Waals surface area contributed by atoms with Gasteiger partial charge in [-0.25, -0.2) is 13.6 Å². The van der Waals surface area contributed by atoms with Crippen molar-refractivity contribution < 1.29 is 23.4 Å². The number of alkyl carbamates (subject to hydrolysis) is 1. The number of hydrogen-bond acceptors (Lipinski definition) is 3. The highest BCUT2D eigenvalue weighted by atomic mass is 19.3. The number of amides is 1. The molecule has 6 heteroatoms. The van der Waals surface area contributed by atoms with E-state index in [1.165, 1.54) is 0 Å². The normalized spacial score (nSPS) is 27.7. The highest BCUT2D eigenvalue weighted by Gasteiger charge is 2.41. The van der Waals surface area contributed by atoms with E-state index in [1.54, 1.807) is 20.8 Å². The predicted molar refractivity (Wildman–Crippen MR) is 62.5 cm³/mol. The van der Waals surface area contributed by atoms with Gasteiger partial charge in [0.25, 0.3) is 5.92 Å². The van der Waals surface area contributed by atoms with E-state index < -0.39 is 36.0 Å². The predicted octanol–water partition coefficient (Wildman–Crippen LogP) is 2.31. The lowest BCUT2D eigenvalue weighted by molar-refractivity contribution is -0.0711. The molecule has 0 aliphatic heterocycles. The molecule has 0 aromatic heterocycles. The van der Waals surface area contributed by atoms with Gasteiger partial charge in [0, 0.05) is 25.5 Å². The summed E-state index contributed by atoms with van der Waals surface area (Å²) >= 11 is 0. The Hall–Kier alpha value is -0.910. The van der Waals surface area contributed by atoms with Crippen LogP contribution in [0.4, 0.5) is 13.6 Å². The van der Waals surface area contributed by atoms with E-state index in [0.29, 0.717) is 6.42 Å². The van der Waals surface area contributed by atoms with Crippen LogP contribution in [0.3, 0.4) is 0 Å². The van der Waals surface area contributed by atoms with Gasteiger partial charge in [0.2, 0.25) is 0 Å². The summed E-state index contributed by atoms with van der Waals surface area (Å²) in [5, 5.41) is 11.4. The zero-order chi connectivity index (χ0) is 14.0. The second-order valence-electron chi connectivity index (χ2n) is 5.89. The highest BCUT2D eigenvalue weighted by molar-refractivity contribution is 5.68. The molecule has 4 nitrogen and oxygen atoms in total. The summed E-state index contributed by atoms with van der Waals surface area (Å²) in [7, 11) is 0. The van der Waals surface area contributed by atoms with E-state index in [2.05, 4.69) is 5.32 Å². The second kappa shape index (κ2) is 5.38. The fourth-order valence-electron chi connectivity index (χ4n) is 2.16. The Balaban J connectivity index is 2.53. The first kappa shape index (κ1) is 15.1. The molecule has 0 radical (unpaired) electrons. The minimum Gasteiger partial charge on any atom is -0.444 e. The lowest BCUT2D eigenvalue weighted by Crippen LogP contribution is -2.47.